The molecular weight excluding hydrogens is 976 g/mol. The Morgan fingerprint density at radius 2 is 0.684 bits per heavy atom. The average molecular weight is 1090 g/mol. The first-order chi connectivity index (χ1) is 37.2. The Hall–Kier alpha value is -3.08. The molecule has 440 valence electrons. The number of unbranched alkanes of at least 4 members (excludes halogenated alkanes) is 28. The van der Waals surface area contributed by atoms with Gasteiger partial charge >= 0.3 is 25.7 Å². The van der Waals surface area contributed by atoms with Crippen LogP contribution in [0.4, 0.5) is 0 Å². The van der Waals surface area contributed by atoms with Crippen LogP contribution in [0.5, 0.6) is 0 Å². The summed E-state index contributed by atoms with van der Waals surface area (Å²) in [6.45, 7) is 4.51. The lowest BCUT2D eigenvalue weighted by Crippen LogP contribution is -2.30. The van der Waals surface area contributed by atoms with Crippen LogP contribution in [0.15, 0.2) is 72.9 Å². The van der Waals surface area contributed by atoms with E-state index < -0.39 is 57.8 Å². The Morgan fingerprint density at radius 3 is 1.08 bits per heavy atom. The summed E-state index contributed by atoms with van der Waals surface area (Å²) in [5.74, 6) is -1.49. The molecule has 0 heterocycles. The van der Waals surface area contributed by atoms with Crippen molar-refractivity contribution in [1.29, 1.82) is 0 Å². The molecule has 0 aliphatic rings. The molecule has 0 spiro atoms. The van der Waals surface area contributed by atoms with Gasteiger partial charge in [-0.3, -0.25) is 23.4 Å². The number of allylic oxidation sites excluding steroid dienone is 12. The second-order valence-electron chi connectivity index (χ2n) is 20.5. The predicted octanol–water partition coefficient (Wildman–Crippen LogP) is 18.5. The van der Waals surface area contributed by atoms with Crippen molar-refractivity contribution < 1.29 is 52.2 Å². The Morgan fingerprint density at radius 1 is 0.382 bits per heavy atom. The van der Waals surface area contributed by atoms with Gasteiger partial charge in [-0.05, 0) is 89.9 Å². The van der Waals surface area contributed by atoms with Crippen molar-refractivity contribution in [3.63, 3.8) is 0 Å². The van der Waals surface area contributed by atoms with Gasteiger partial charge in [0, 0.05) is 19.3 Å². The summed E-state index contributed by atoms with van der Waals surface area (Å²) in [5.41, 5.74) is 0. The summed E-state index contributed by atoms with van der Waals surface area (Å²) in [6, 6.07) is 0. The molecular formula is C64H113O11P. The molecule has 76 heavy (non-hydrogen) atoms. The van der Waals surface area contributed by atoms with E-state index in [2.05, 4.69) is 93.7 Å². The highest BCUT2D eigenvalue weighted by atomic mass is 31.2. The zero-order valence-electron chi connectivity index (χ0n) is 48.7. The number of ether oxygens (including phenoxy) is 3. The fourth-order valence-electron chi connectivity index (χ4n) is 8.44. The molecule has 0 aromatic heterocycles. The normalized spacial score (nSPS) is 13.8. The van der Waals surface area contributed by atoms with Gasteiger partial charge in [-0.1, -0.05) is 241 Å². The molecule has 0 saturated carbocycles. The highest BCUT2D eigenvalue weighted by molar-refractivity contribution is 7.47. The first-order valence-electron chi connectivity index (χ1n) is 30.8. The van der Waals surface area contributed by atoms with E-state index in [1.165, 1.54) is 116 Å². The fraction of sp³-hybridized carbons (Fsp3) is 0.766. The third kappa shape index (κ3) is 55.7. The number of carbonyl (C=O) groups excluding carboxylic acids is 3. The Kier molecular flexibility index (Phi) is 55.7. The van der Waals surface area contributed by atoms with Crippen molar-refractivity contribution in [3.05, 3.63) is 72.9 Å². The van der Waals surface area contributed by atoms with E-state index in [4.69, 9.17) is 23.3 Å². The van der Waals surface area contributed by atoms with Gasteiger partial charge < -0.3 is 24.2 Å². The van der Waals surface area contributed by atoms with Gasteiger partial charge in [-0.25, -0.2) is 4.57 Å². The SMILES string of the molecule is CC/C=C\C/C=C\C/C=C\C/C=C\CCCCCCC(=O)OC(COC(=O)CCCCCCCCC/C=C\C/C=C\CCCCC)COP(=O)(O)OCC(CO)OC(=O)CCCCCCCCCCCCCCCCC. The monoisotopic (exact) mass is 1090 g/mol. The lowest BCUT2D eigenvalue weighted by Gasteiger charge is -2.21. The summed E-state index contributed by atoms with van der Waals surface area (Å²) >= 11 is 0. The number of rotatable bonds is 57. The van der Waals surface area contributed by atoms with Gasteiger partial charge in [0.1, 0.15) is 12.7 Å². The van der Waals surface area contributed by atoms with Crippen LogP contribution >= 0.6 is 7.82 Å². The van der Waals surface area contributed by atoms with Crippen LogP contribution < -0.4 is 0 Å². The molecule has 0 bridgehead atoms. The second kappa shape index (κ2) is 58.1. The maximum absolute atomic E-state index is 12.9. The minimum Gasteiger partial charge on any atom is -0.462 e. The van der Waals surface area contributed by atoms with E-state index in [-0.39, 0.29) is 25.9 Å². The molecule has 0 aliphatic carbocycles. The molecule has 3 unspecified atom stereocenters. The first kappa shape index (κ1) is 72.9. The second-order valence-corrected chi connectivity index (χ2v) is 21.9. The molecule has 0 radical (unpaired) electrons. The van der Waals surface area contributed by atoms with Crippen LogP contribution in [-0.2, 0) is 42.2 Å². The smallest absolute Gasteiger partial charge is 0.462 e. The molecule has 0 aromatic rings. The van der Waals surface area contributed by atoms with Crippen LogP contribution in [0.2, 0.25) is 0 Å². The van der Waals surface area contributed by atoms with Gasteiger partial charge in [0.05, 0.1) is 19.8 Å². The quantitative estimate of drug-likeness (QED) is 0.0197. The number of hydrogen-bond acceptors (Lipinski definition) is 10. The Balaban J connectivity index is 4.75. The Bertz CT molecular complexity index is 1550. The van der Waals surface area contributed by atoms with E-state index in [0.717, 1.165) is 103 Å². The highest BCUT2D eigenvalue weighted by Gasteiger charge is 2.28. The minimum atomic E-state index is -4.76. The minimum absolute atomic E-state index is 0.137. The third-order valence-corrected chi connectivity index (χ3v) is 14.1. The molecule has 3 atom stereocenters. The van der Waals surface area contributed by atoms with E-state index in [1.54, 1.807) is 0 Å². The molecule has 11 nitrogen and oxygen atoms in total. The zero-order valence-corrected chi connectivity index (χ0v) is 49.6. The number of phosphoric acid groups is 1. The van der Waals surface area contributed by atoms with E-state index >= 15 is 0 Å². The molecule has 12 heteroatoms. The van der Waals surface area contributed by atoms with Crippen molar-refractivity contribution in [2.75, 3.05) is 26.4 Å². The number of aliphatic hydroxyl groups excluding tert-OH is 1. The van der Waals surface area contributed by atoms with Gasteiger partial charge in [0.15, 0.2) is 6.10 Å². The predicted molar refractivity (Wildman–Crippen MR) is 316 cm³/mol. The molecule has 0 fully saturated rings. The number of hydrogen-bond donors (Lipinski definition) is 2. The lowest BCUT2D eigenvalue weighted by atomic mass is 10.0. The van der Waals surface area contributed by atoms with Crippen LogP contribution in [0, 0.1) is 0 Å². The fourth-order valence-corrected chi connectivity index (χ4v) is 9.22. The van der Waals surface area contributed by atoms with Gasteiger partial charge in [0.25, 0.3) is 0 Å². The summed E-state index contributed by atoms with van der Waals surface area (Å²) in [4.78, 5) is 48.7. The molecule has 0 aliphatic heterocycles. The highest BCUT2D eigenvalue weighted by Crippen LogP contribution is 2.43. The van der Waals surface area contributed by atoms with E-state index in [9.17, 15) is 28.9 Å². The van der Waals surface area contributed by atoms with Crippen molar-refractivity contribution in [3.8, 4) is 0 Å². The van der Waals surface area contributed by atoms with Crippen LogP contribution in [-0.4, -0.2) is 66.5 Å². The number of esters is 3. The largest absolute Gasteiger partial charge is 0.472 e. The summed E-state index contributed by atoms with van der Waals surface area (Å²) in [5, 5.41) is 9.84. The maximum atomic E-state index is 12.9. The van der Waals surface area contributed by atoms with Crippen LogP contribution in [0.1, 0.15) is 278 Å². The van der Waals surface area contributed by atoms with E-state index in [1.807, 2.05) is 0 Å². The summed E-state index contributed by atoms with van der Waals surface area (Å²) in [7, 11) is -4.76. The molecule has 0 saturated heterocycles. The van der Waals surface area contributed by atoms with Crippen molar-refractivity contribution >= 4 is 25.7 Å². The number of aliphatic hydroxyl groups is 1. The van der Waals surface area contributed by atoms with Crippen molar-refractivity contribution in [2.24, 2.45) is 0 Å². The third-order valence-electron chi connectivity index (χ3n) is 13.1. The van der Waals surface area contributed by atoms with Gasteiger partial charge in [0.2, 0.25) is 0 Å². The standard InChI is InChI=1S/C64H113O11P/c1-4-7-10-13-16-19-22-25-28-30-33-35-38-41-44-47-50-53-62(66)71-57-61(75-64(68)55-52-49-46-43-40-37-34-31-29-26-23-20-17-14-11-8-5-2)59-73-76(69,70)72-58-60(56-65)74-63(67)54-51-48-45-42-39-36-32-27-24-21-18-15-12-9-6-3/h8,11,16-17,19-20,25-26,28-29,34,37,60-61,65H,4-7,9-10,12-15,18,21-24,27,30-33,35-36,38-59H2,1-3H3,(H,69,70)/b11-8-,19-16-,20-17-,28-25-,29-26-,37-34-. The average Bonchev–Trinajstić information content (AvgIpc) is 3.41. The van der Waals surface area contributed by atoms with Gasteiger partial charge in [-0.15, -0.1) is 0 Å². The van der Waals surface area contributed by atoms with E-state index in [0.29, 0.717) is 19.3 Å². The zero-order chi connectivity index (χ0) is 55.5. The van der Waals surface area contributed by atoms with Gasteiger partial charge in [-0.2, -0.15) is 0 Å². The maximum Gasteiger partial charge on any atom is 0.472 e. The summed E-state index contributed by atoms with van der Waals surface area (Å²) < 4.78 is 39.6. The van der Waals surface area contributed by atoms with Crippen LogP contribution in [0.3, 0.4) is 0 Å². The van der Waals surface area contributed by atoms with Crippen molar-refractivity contribution in [2.45, 2.75) is 290 Å². The molecule has 2 N–H and O–H groups in total. The topological polar surface area (TPSA) is 155 Å². The Labute approximate surface area is 465 Å². The molecule has 0 amide bonds. The summed E-state index contributed by atoms with van der Waals surface area (Å²) in [6.07, 6.45) is 65.6. The number of carbonyl (C=O) groups is 3. The number of phosphoric ester groups is 1. The first-order valence-corrected chi connectivity index (χ1v) is 32.3. The lowest BCUT2D eigenvalue weighted by molar-refractivity contribution is -0.161. The molecule has 0 aromatic carbocycles. The molecule has 0 rings (SSSR count). The van der Waals surface area contributed by atoms with Crippen molar-refractivity contribution in [1.82, 2.24) is 0 Å². The van der Waals surface area contributed by atoms with Crippen LogP contribution in [0.25, 0.3) is 0 Å².